The quantitative estimate of drug-likeness (QED) is 0.668. The number of sulfonamides is 1. The second-order valence-corrected chi connectivity index (χ2v) is 5.80. The molecular formula is C12H19ClF2N2O3S. The molecule has 0 saturated carbocycles. The molecule has 0 aliphatic heterocycles. The zero-order valence-electron chi connectivity index (χ0n) is 11.5. The molecule has 0 radical (unpaired) electrons. The molecule has 1 aromatic rings. The van der Waals surface area contributed by atoms with Gasteiger partial charge in [-0.25, -0.2) is 21.9 Å². The van der Waals surface area contributed by atoms with Crippen molar-refractivity contribution in [3.05, 3.63) is 24.3 Å². The van der Waals surface area contributed by atoms with Crippen LogP contribution >= 0.6 is 12.4 Å². The number of benzene rings is 1. The molecule has 0 fully saturated rings. The largest absolute Gasteiger partial charge is 0.488 e. The molecule has 0 unspecified atom stereocenters. The number of nitrogens with one attached hydrogen (secondary N) is 2. The van der Waals surface area contributed by atoms with Crippen molar-refractivity contribution in [1.82, 2.24) is 10.0 Å². The summed E-state index contributed by atoms with van der Waals surface area (Å²) in [6.07, 6.45) is -1.89. The van der Waals surface area contributed by atoms with Crippen LogP contribution in [0.5, 0.6) is 5.75 Å². The van der Waals surface area contributed by atoms with Crippen LogP contribution in [-0.4, -0.2) is 41.6 Å². The van der Waals surface area contributed by atoms with E-state index in [4.69, 9.17) is 4.74 Å². The molecule has 1 rings (SSSR count). The van der Waals surface area contributed by atoms with Gasteiger partial charge in [0.1, 0.15) is 12.4 Å². The topological polar surface area (TPSA) is 67.4 Å². The van der Waals surface area contributed by atoms with Crippen LogP contribution in [0.15, 0.2) is 29.2 Å². The molecule has 0 heterocycles. The van der Waals surface area contributed by atoms with Gasteiger partial charge in [-0.1, -0.05) is 0 Å². The third-order valence-corrected chi connectivity index (χ3v) is 3.88. The Morgan fingerprint density at radius 1 is 1.19 bits per heavy atom. The van der Waals surface area contributed by atoms with Crippen LogP contribution < -0.4 is 14.8 Å². The van der Waals surface area contributed by atoms with Crippen molar-refractivity contribution in [2.45, 2.75) is 17.7 Å². The second kappa shape index (κ2) is 9.88. The van der Waals surface area contributed by atoms with E-state index in [1.54, 1.807) is 7.05 Å². The van der Waals surface area contributed by atoms with Gasteiger partial charge in [0, 0.05) is 6.54 Å². The molecule has 5 nitrogen and oxygen atoms in total. The summed E-state index contributed by atoms with van der Waals surface area (Å²) in [7, 11) is -1.79. The summed E-state index contributed by atoms with van der Waals surface area (Å²) in [5.41, 5.74) is 0. The number of halogens is 3. The highest BCUT2D eigenvalue weighted by atomic mass is 35.5. The number of hydrogen-bond donors (Lipinski definition) is 2. The van der Waals surface area contributed by atoms with Gasteiger partial charge in [-0.15, -0.1) is 12.4 Å². The van der Waals surface area contributed by atoms with Crippen LogP contribution in [0.3, 0.4) is 0 Å². The van der Waals surface area contributed by atoms with Gasteiger partial charge < -0.3 is 10.1 Å². The first-order valence-electron chi connectivity index (χ1n) is 6.11. The molecule has 1 aromatic carbocycles. The van der Waals surface area contributed by atoms with Gasteiger partial charge in [-0.2, -0.15) is 0 Å². The SMILES string of the molecule is CNCCCNS(=O)(=O)c1ccc(OCC(F)F)cc1.Cl. The van der Waals surface area contributed by atoms with Crippen LogP contribution in [0.1, 0.15) is 6.42 Å². The Balaban J connectivity index is 0.00000400. The van der Waals surface area contributed by atoms with E-state index in [0.717, 1.165) is 0 Å². The normalized spacial score (nSPS) is 11.2. The van der Waals surface area contributed by atoms with Gasteiger partial charge in [0.2, 0.25) is 10.0 Å². The molecule has 21 heavy (non-hydrogen) atoms. The molecule has 9 heteroatoms. The smallest absolute Gasteiger partial charge is 0.272 e. The Kier molecular flexibility index (Phi) is 9.43. The van der Waals surface area contributed by atoms with E-state index in [9.17, 15) is 17.2 Å². The van der Waals surface area contributed by atoms with Crippen LogP contribution in [0.25, 0.3) is 0 Å². The minimum absolute atomic E-state index is 0. The van der Waals surface area contributed by atoms with E-state index in [0.29, 0.717) is 19.5 Å². The van der Waals surface area contributed by atoms with Crippen LogP contribution in [0.4, 0.5) is 8.78 Å². The number of hydrogen-bond acceptors (Lipinski definition) is 4. The summed E-state index contributed by atoms with van der Waals surface area (Å²) in [5.74, 6) is 0.208. The summed E-state index contributed by atoms with van der Waals surface area (Å²) in [5, 5.41) is 2.91. The predicted octanol–water partition coefficient (Wildman–Crippen LogP) is 1.64. The monoisotopic (exact) mass is 344 g/mol. The minimum atomic E-state index is -3.57. The Bertz CT molecular complexity index is 498. The van der Waals surface area contributed by atoms with Gasteiger partial charge in [0.15, 0.2) is 0 Å². The number of ether oxygens (including phenoxy) is 1. The molecule has 0 aliphatic rings. The molecule has 122 valence electrons. The molecule has 2 N–H and O–H groups in total. The van der Waals surface area contributed by atoms with Gasteiger partial charge >= 0.3 is 0 Å². The number of alkyl halides is 2. The highest BCUT2D eigenvalue weighted by Gasteiger charge is 2.13. The maximum absolute atomic E-state index is 12.0. The molecule has 0 spiro atoms. The second-order valence-electron chi connectivity index (χ2n) is 4.03. The predicted molar refractivity (Wildman–Crippen MR) is 78.9 cm³/mol. The lowest BCUT2D eigenvalue weighted by molar-refractivity contribution is 0.0819. The highest BCUT2D eigenvalue weighted by molar-refractivity contribution is 7.89. The highest BCUT2D eigenvalue weighted by Crippen LogP contribution is 2.16. The average Bonchev–Trinajstić information content (AvgIpc) is 2.42. The molecule has 0 atom stereocenters. The van der Waals surface area contributed by atoms with Crippen molar-refractivity contribution >= 4 is 22.4 Å². The van der Waals surface area contributed by atoms with E-state index >= 15 is 0 Å². The minimum Gasteiger partial charge on any atom is -0.488 e. The zero-order valence-corrected chi connectivity index (χ0v) is 13.1. The molecule has 0 aromatic heterocycles. The fraction of sp³-hybridized carbons (Fsp3) is 0.500. The first-order valence-corrected chi connectivity index (χ1v) is 7.59. The first-order chi connectivity index (χ1) is 9.45. The number of rotatable bonds is 9. The Labute approximate surface area is 129 Å². The van der Waals surface area contributed by atoms with E-state index in [1.165, 1.54) is 24.3 Å². The van der Waals surface area contributed by atoms with Gasteiger partial charge in [0.05, 0.1) is 4.90 Å². The maximum Gasteiger partial charge on any atom is 0.272 e. The maximum atomic E-state index is 12.0. The van der Waals surface area contributed by atoms with Crippen LogP contribution in [0.2, 0.25) is 0 Å². The standard InChI is InChI=1S/C12H18F2N2O3S.ClH/c1-15-7-2-8-16-20(17,18)11-5-3-10(4-6-11)19-9-12(13)14;/h3-6,12,15-16H,2,7-9H2,1H3;1H. The average molecular weight is 345 g/mol. The summed E-state index contributed by atoms with van der Waals surface area (Å²) in [6, 6.07) is 5.34. The Morgan fingerprint density at radius 3 is 2.33 bits per heavy atom. The van der Waals surface area contributed by atoms with Crippen molar-refractivity contribution in [3.63, 3.8) is 0 Å². The fourth-order valence-corrected chi connectivity index (χ4v) is 2.50. The zero-order chi connectivity index (χ0) is 15.0. The van der Waals surface area contributed by atoms with E-state index in [1.807, 2.05) is 0 Å². The summed E-state index contributed by atoms with van der Waals surface area (Å²) < 4.78 is 54.9. The van der Waals surface area contributed by atoms with Crippen molar-refractivity contribution < 1.29 is 21.9 Å². The molecule has 0 saturated heterocycles. The van der Waals surface area contributed by atoms with E-state index < -0.39 is 23.1 Å². The molecule has 0 aliphatic carbocycles. The third kappa shape index (κ3) is 7.56. The molecule has 0 bridgehead atoms. The van der Waals surface area contributed by atoms with E-state index in [2.05, 4.69) is 10.0 Å². The molecular weight excluding hydrogens is 326 g/mol. The third-order valence-electron chi connectivity index (χ3n) is 2.41. The summed E-state index contributed by atoms with van der Waals surface area (Å²) in [6.45, 7) is 0.324. The van der Waals surface area contributed by atoms with Crippen molar-refractivity contribution in [1.29, 1.82) is 0 Å². The van der Waals surface area contributed by atoms with Crippen molar-refractivity contribution in [2.24, 2.45) is 0 Å². The van der Waals surface area contributed by atoms with Crippen molar-refractivity contribution in [3.8, 4) is 5.75 Å². The lowest BCUT2D eigenvalue weighted by Gasteiger charge is -2.08. The van der Waals surface area contributed by atoms with Gasteiger partial charge in [0.25, 0.3) is 6.43 Å². The summed E-state index contributed by atoms with van der Waals surface area (Å²) in [4.78, 5) is 0.0753. The van der Waals surface area contributed by atoms with Crippen LogP contribution in [-0.2, 0) is 10.0 Å². The summed E-state index contributed by atoms with van der Waals surface area (Å²) >= 11 is 0. The molecule has 0 amide bonds. The lowest BCUT2D eigenvalue weighted by atomic mass is 10.3. The Morgan fingerprint density at radius 2 is 1.81 bits per heavy atom. The van der Waals surface area contributed by atoms with E-state index in [-0.39, 0.29) is 23.1 Å². The van der Waals surface area contributed by atoms with Crippen molar-refractivity contribution in [2.75, 3.05) is 26.7 Å². The Hall–Kier alpha value is -0.960. The first kappa shape index (κ1) is 20.0. The van der Waals surface area contributed by atoms with Gasteiger partial charge in [-0.3, -0.25) is 0 Å². The fourth-order valence-electron chi connectivity index (χ4n) is 1.43. The lowest BCUT2D eigenvalue weighted by Crippen LogP contribution is -2.26. The van der Waals surface area contributed by atoms with Crippen LogP contribution in [0, 0.1) is 0 Å². The van der Waals surface area contributed by atoms with Gasteiger partial charge in [-0.05, 0) is 44.3 Å².